The predicted molar refractivity (Wildman–Crippen MR) is 143 cm³/mol. The molecule has 1 aliphatic rings. The van der Waals surface area contributed by atoms with Crippen molar-refractivity contribution in [2.24, 2.45) is 0 Å². The van der Waals surface area contributed by atoms with Gasteiger partial charge in [0.25, 0.3) is 0 Å². The highest BCUT2D eigenvalue weighted by Gasteiger charge is 2.32. The van der Waals surface area contributed by atoms with Crippen LogP contribution in [0.25, 0.3) is 34.4 Å². The van der Waals surface area contributed by atoms with Gasteiger partial charge in [0, 0.05) is 0 Å². The van der Waals surface area contributed by atoms with Gasteiger partial charge < -0.3 is 9.47 Å². The molecule has 0 saturated heterocycles. The van der Waals surface area contributed by atoms with Crippen molar-refractivity contribution in [1.82, 2.24) is 0 Å². The second-order valence-corrected chi connectivity index (χ2v) is 13.3. The fraction of sp³-hybridized carbons (Fsp3) is 0.133. The van der Waals surface area contributed by atoms with Crippen molar-refractivity contribution in [3.8, 4) is 33.8 Å². The molecule has 0 atom stereocenters. The van der Waals surface area contributed by atoms with Crippen molar-refractivity contribution in [2.45, 2.75) is 13.1 Å². The number of hydrogen-bond donors (Lipinski definition) is 0. The first kappa shape index (κ1) is 21.3. The first-order valence-electron chi connectivity index (χ1n) is 11.3. The number of methoxy groups -OCH3 is 2. The second-order valence-electron chi connectivity index (χ2n) is 9.02. The molecule has 0 amide bonds. The molecule has 0 spiro atoms. The Bertz CT molecular complexity index is 1230. The number of hydrogen-bond acceptors (Lipinski definition) is 2. The van der Waals surface area contributed by atoms with Gasteiger partial charge in [0.1, 0.15) is 19.6 Å². The smallest absolute Gasteiger partial charge is 0.118 e. The summed E-state index contributed by atoms with van der Waals surface area (Å²) in [5.74, 6) is 1.76. The van der Waals surface area contributed by atoms with E-state index in [0.29, 0.717) is 0 Å². The van der Waals surface area contributed by atoms with Gasteiger partial charge in [-0.25, -0.2) is 0 Å². The largest absolute Gasteiger partial charge is 0.497 e. The third-order valence-corrected chi connectivity index (χ3v) is 10.3. The fourth-order valence-corrected chi connectivity index (χ4v) is 7.84. The van der Waals surface area contributed by atoms with Crippen LogP contribution in [0.5, 0.6) is 11.5 Å². The Kier molecular flexibility index (Phi) is 5.43. The summed E-state index contributed by atoms with van der Waals surface area (Å²) in [6, 6.07) is 30.5. The molecule has 4 aromatic rings. The zero-order valence-corrected chi connectivity index (χ0v) is 20.6. The zero-order valence-electron chi connectivity index (χ0n) is 19.6. The number of ether oxygens (including phenoxy) is 2. The average molecular weight is 449 g/mol. The summed E-state index contributed by atoms with van der Waals surface area (Å²) >= 11 is 0. The van der Waals surface area contributed by atoms with Crippen LogP contribution < -0.4 is 19.8 Å². The maximum absolute atomic E-state index is 5.34. The van der Waals surface area contributed by atoms with Crippen molar-refractivity contribution in [3.63, 3.8) is 0 Å². The van der Waals surface area contributed by atoms with Gasteiger partial charge in [-0.05, 0) is 68.0 Å². The normalized spacial score (nSPS) is 13.6. The van der Waals surface area contributed by atoms with Crippen LogP contribution >= 0.6 is 0 Å². The van der Waals surface area contributed by atoms with E-state index >= 15 is 0 Å². The lowest BCUT2D eigenvalue weighted by molar-refractivity contribution is 0.415. The van der Waals surface area contributed by atoms with Crippen molar-refractivity contribution >= 4 is 30.6 Å². The van der Waals surface area contributed by atoms with E-state index in [1.54, 1.807) is 14.2 Å². The van der Waals surface area contributed by atoms with E-state index in [-0.39, 0.29) is 0 Å². The topological polar surface area (TPSA) is 18.5 Å². The summed E-state index contributed by atoms with van der Waals surface area (Å²) in [7, 11) is 1.45. The van der Waals surface area contributed by atoms with Crippen molar-refractivity contribution < 1.29 is 9.47 Å². The minimum atomic E-state index is -1.96. The SMILES string of the molecule is COc1ccc(-c2ccc3c(c2)[Si](C)(C)c2cc(-c4ccc(OC)cc4)ccc2C=C3)cc1. The van der Waals surface area contributed by atoms with Gasteiger partial charge in [0.05, 0.1) is 14.2 Å². The van der Waals surface area contributed by atoms with E-state index in [0.717, 1.165) is 11.5 Å². The Morgan fingerprint density at radius 2 is 0.848 bits per heavy atom. The molecule has 1 aliphatic heterocycles. The molecule has 0 aromatic heterocycles. The monoisotopic (exact) mass is 448 g/mol. The summed E-state index contributed by atoms with van der Waals surface area (Å²) in [5.41, 5.74) is 7.57. The fourth-order valence-electron chi connectivity index (χ4n) is 4.74. The average Bonchev–Trinajstić information content (AvgIpc) is 2.97. The van der Waals surface area contributed by atoms with Crippen LogP contribution in [0.3, 0.4) is 0 Å². The first-order valence-corrected chi connectivity index (χ1v) is 14.3. The highest BCUT2D eigenvalue weighted by Crippen LogP contribution is 2.28. The Balaban J connectivity index is 1.59. The maximum atomic E-state index is 5.34. The Morgan fingerprint density at radius 1 is 0.485 bits per heavy atom. The molecule has 2 nitrogen and oxygen atoms in total. The molecular formula is C30H28O2Si. The summed E-state index contributed by atoms with van der Waals surface area (Å²) in [6.45, 7) is 4.93. The van der Waals surface area contributed by atoms with Crippen molar-refractivity contribution in [2.75, 3.05) is 14.2 Å². The summed E-state index contributed by atoms with van der Waals surface area (Å²) < 4.78 is 10.7. The molecule has 0 saturated carbocycles. The van der Waals surface area contributed by atoms with Crippen LogP contribution in [0.2, 0.25) is 13.1 Å². The lowest BCUT2D eigenvalue weighted by Crippen LogP contribution is -2.54. The van der Waals surface area contributed by atoms with Gasteiger partial charge in [-0.2, -0.15) is 0 Å². The lowest BCUT2D eigenvalue weighted by atomic mass is 10.0. The second kappa shape index (κ2) is 8.42. The molecule has 0 unspecified atom stereocenters. The predicted octanol–water partition coefficient (Wildman–Crippen LogP) is 6.34. The minimum absolute atomic E-state index is 0.881. The van der Waals surface area contributed by atoms with Crippen LogP contribution in [-0.4, -0.2) is 22.3 Å². The number of rotatable bonds is 4. The number of benzene rings is 4. The third kappa shape index (κ3) is 3.89. The summed E-state index contributed by atoms with van der Waals surface area (Å²) in [6.07, 6.45) is 4.56. The van der Waals surface area contributed by atoms with E-state index in [1.165, 1.54) is 43.8 Å². The maximum Gasteiger partial charge on any atom is 0.118 e. The van der Waals surface area contributed by atoms with Gasteiger partial charge in [0.15, 0.2) is 0 Å². The van der Waals surface area contributed by atoms with Gasteiger partial charge in [-0.15, -0.1) is 0 Å². The summed E-state index contributed by atoms with van der Waals surface area (Å²) in [4.78, 5) is 0. The molecule has 1 heterocycles. The Labute approximate surface area is 197 Å². The molecule has 0 bridgehead atoms. The van der Waals surface area contributed by atoms with Crippen LogP contribution in [-0.2, 0) is 0 Å². The van der Waals surface area contributed by atoms with Gasteiger partial charge >= 0.3 is 0 Å². The van der Waals surface area contributed by atoms with Gasteiger partial charge in [-0.1, -0.05) is 85.9 Å². The summed E-state index contributed by atoms with van der Waals surface area (Å²) in [5, 5.41) is 2.94. The minimum Gasteiger partial charge on any atom is -0.497 e. The van der Waals surface area contributed by atoms with Crippen LogP contribution in [0.1, 0.15) is 11.1 Å². The molecule has 3 heteroatoms. The molecule has 0 radical (unpaired) electrons. The van der Waals surface area contributed by atoms with Crippen LogP contribution in [0.4, 0.5) is 0 Å². The van der Waals surface area contributed by atoms with Crippen LogP contribution in [0.15, 0.2) is 84.9 Å². The zero-order chi connectivity index (χ0) is 23.0. The molecule has 0 aliphatic carbocycles. The third-order valence-electron chi connectivity index (χ3n) is 6.74. The van der Waals surface area contributed by atoms with E-state index in [1.807, 2.05) is 24.3 Å². The van der Waals surface area contributed by atoms with Crippen LogP contribution in [0, 0.1) is 0 Å². The van der Waals surface area contributed by atoms with E-state index in [4.69, 9.17) is 9.47 Å². The highest BCUT2D eigenvalue weighted by atomic mass is 28.3. The number of fused-ring (bicyclic) bond motifs is 2. The Morgan fingerprint density at radius 3 is 1.21 bits per heavy atom. The quantitative estimate of drug-likeness (QED) is 0.339. The molecular weight excluding hydrogens is 420 g/mol. The van der Waals surface area contributed by atoms with E-state index in [2.05, 4.69) is 85.9 Å². The van der Waals surface area contributed by atoms with E-state index in [9.17, 15) is 0 Å². The molecule has 33 heavy (non-hydrogen) atoms. The van der Waals surface area contributed by atoms with Gasteiger partial charge in [0.2, 0.25) is 0 Å². The molecule has 0 fully saturated rings. The lowest BCUT2D eigenvalue weighted by Gasteiger charge is -2.27. The molecule has 0 N–H and O–H groups in total. The van der Waals surface area contributed by atoms with Crippen molar-refractivity contribution in [3.05, 3.63) is 96.1 Å². The molecule has 4 aromatic carbocycles. The highest BCUT2D eigenvalue weighted by molar-refractivity contribution is 7.01. The molecule has 164 valence electrons. The van der Waals surface area contributed by atoms with Gasteiger partial charge in [-0.3, -0.25) is 0 Å². The van der Waals surface area contributed by atoms with Crippen molar-refractivity contribution in [1.29, 1.82) is 0 Å². The molecule has 5 rings (SSSR count). The van der Waals surface area contributed by atoms with E-state index < -0.39 is 8.07 Å². The first-order chi connectivity index (χ1) is 16.0. The Hall–Kier alpha value is -3.56. The standard InChI is InChI=1S/C30H28O2Si/c1-31-27-15-11-21(12-16-27)25-9-7-23-5-6-24-8-10-26(22-13-17-28(32-2)18-14-22)20-30(24)33(3,4)29(23)19-25/h5-20H,1-4H3.